The van der Waals surface area contributed by atoms with Crippen molar-refractivity contribution in [1.82, 2.24) is 10.5 Å². The lowest BCUT2D eigenvalue weighted by atomic mass is 10.0. The predicted molar refractivity (Wildman–Crippen MR) is 125 cm³/mol. The molecule has 0 saturated heterocycles. The van der Waals surface area contributed by atoms with Gasteiger partial charge in [-0.25, -0.2) is 8.78 Å². The smallest absolute Gasteiger partial charge is 0.319 e. The Morgan fingerprint density at radius 2 is 1.83 bits per heavy atom. The van der Waals surface area contributed by atoms with Gasteiger partial charge in [-0.05, 0) is 48.4 Å². The van der Waals surface area contributed by atoms with E-state index in [0.717, 1.165) is 23.1 Å². The molecule has 0 aliphatic rings. The summed E-state index contributed by atoms with van der Waals surface area (Å²) in [5, 5.41) is 7.89. The van der Waals surface area contributed by atoms with Crippen LogP contribution in [0.5, 0.6) is 11.5 Å². The standard InChI is InChI=1S/C26H24F2N2O5/c1-3-33-26(31)14-29-13-23-20-10-16(4-9-24(20)35-30-23)15-34-18-7-5-17(6-8-18)19-11-21(27)22(28)12-25(19)32-2/h4-12,29H,3,13-15H2,1-2H3. The van der Waals surface area contributed by atoms with Crippen molar-refractivity contribution in [2.75, 3.05) is 20.3 Å². The number of hydrogen-bond acceptors (Lipinski definition) is 7. The monoisotopic (exact) mass is 482 g/mol. The van der Waals surface area contributed by atoms with Crippen LogP contribution < -0.4 is 14.8 Å². The summed E-state index contributed by atoms with van der Waals surface area (Å²) >= 11 is 0. The number of nitrogens with zero attached hydrogens (tertiary/aromatic N) is 1. The number of ether oxygens (including phenoxy) is 3. The number of aromatic nitrogens is 1. The van der Waals surface area contributed by atoms with E-state index >= 15 is 0 Å². The van der Waals surface area contributed by atoms with Crippen molar-refractivity contribution < 1.29 is 32.3 Å². The summed E-state index contributed by atoms with van der Waals surface area (Å²) in [6.45, 7) is 2.82. The Morgan fingerprint density at radius 1 is 1.06 bits per heavy atom. The fourth-order valence-corrected chi connectivity index (χ4v) is 3.57. The zero-order chi connectivity index (χ0) is 24.8. The van der Waals surface area contributed by atoms with Gasteiger partial charge in [-0.2, -0.15) is 0 Å². The minimum Gasteiger partial charge on any atom is -0.496 e. The van der Waals surface area contributed by atoms with Crippen LogP contribution in [0.25, 0.3) is 22.1 Å². The summed E-state index contributed by atoms with van der Waals surface area (Å²) in [6, 6.07) is 14.7. The SMILES string of the molecule is CCOC(=O)CNCc1noc2ccc(COc3ccc(-c4cc(F)c(F)cc4OC)cc3)cc12. The van der Waals surface area contributed by atoms with Crippen LogP contribution in [0, 0.1) is 11.6 Å². The molecule has 1 heterocycles. The van der Waals surface area contributed by atoms with Gasteiger partial charge in [0, 0.05) is 23.6 Å². The zero-order valence-electron chi connectivity index (χ0n) is 19.3. The molecule has 0 amide bonds. The van der Waals surface area contributed by atoms with Crippen LogP contribution in [0.4, 0.5) is 8.78 Å². The normalized spacial score (nSPS) is 11.0. The summed E-state index contributed by atoms with van der Waals surface area (Å²) < 4.78 is 48.6. The first-order chi connectivity index (χ1) is 17.0. The highest BCUT2D eigenvalue weighted by molar-refractivity contribution is 5.80. The van der Waals surface area contributed by atoms with Gasteiger partial charge >= 0.3 is 5.97 Å². The van der Waals surface area contributed by atoms with Crippen LogP contribution >= 0.6 is 0 Å². The zero-order valence-corrected chi connectivity index (χ0v) is 19.3. The average molecular weight is 482 g/mol. The van der Waals surface area contributed by atoms with Crippen molar-refractivity contribution in [3.63, 3.8) is 0 Å². The first-order valence-electron chi connectivity index (χ1n) is 11.0. The van der Waals surface area contributed by atoms with E-state index < -0.39 is 11.6 Å². The minimum atomic E-state index is -0.965. The Balaban J connectivity index is 1.41. The highest BCUT2D eigenvalue weighted by atomic mass is 19.2. The van der Waals surface area contributed by atoms with Gasteiger partial charge in [0.05, 0.1) is 20.3 Å². The van der Waals surface area contributed by atoms with E-state index in [9.17, 15) is 13.6 Å². The number of carbonyl (C=O) groups excluding carboxylic acids is 1. The molecular formula is C26H24F2N2O5. The number of esters is 1. The molecule has 0 radical (unpaired) electrons. The molecule has 182 valence electrons. The second-order valence-corrected chi connectivity index (χ2v) is 7.65. The van der Waals surface area contributed by atoms with E-state index in [1.807, 2.05) is 18.2 Å². The second-order valence-electron chi connectivity index (χ2n) is 7.65. The third-order valence-corrected chi connectivity index (χ3v) is 5.29. The fraction of sp³-hybridized carbons (Fsp3) is 0.231. The number of rotatable bonds is 10. The molecule has 0 unspecified atom stereocenters. The van der Waals surface area contributed by atoms with Crippen molar-refractivity contribution in [1.29, 1.82) is 0 Å². The quantitative estimate of drug-likeness (QED) is 0.318. The van der Waals surface area contributed by atoms with Crippen LogP contribution in [0.3, 0.4) is 0 Å². The number of nitrogens with one attached hydrogen (secondary N) is 1. The molecule has 0 aliphatic heterocycles. The molecule has 0 atom stereocenters. The number of halogens is 2. The van der Waals surface area contributed by atoms with Gasteiger partial charge in [0.1, 0.15) is 23.8 Å². The molecule has 4 aromatic rings. The first-order valence-corrected chi connectivity index (χ1v) is 11.0. The molecular weight excluding hydrogens is 458 g/mol. The summed E-state index contributed by atoms with van der Waals surface area (Å²) in [4.78, 5) is 11.5. The number of hydrogen-bond donors (Lipinski definition) is 1. The summed E-state index contributed by atoms with van der Waals surface area (Å²) in [5.74, 6) is -1.39. The lowest BCUT2D eigenvalue weighted by Crippen LogP contribution is -2.24. The highest BCUT2D eigenvalue weighted by Gasteiger charge is 2.13. The average Bonchev–Trinajstić information content (AvgIpc) is 3.27. The molecule has 1 N–H and O–H groups in total. The molecule has 9 heteroatoms. The Morgan fingerprint density at radius 3 is 2.57 bits per heavy atom. The van der Waals surface area contributed by atoms with Crippen molar-refractivity contribution in [2.45, 2.75) is 20.1 Å². The van der Waals surface area contributed by atoms with Gasteiger partial charge in [-0.3, -0.25) is 4.79 Å². The number of carbonyl (C=O) groups is 1. The molecule has 1 aromatic heterocycles. The number of fused-ring (bicyclic) bond motifs is 1. The van der Waals surface area contributed by atoms with E-state index in [-0.39, 0.29) is 18.3 Å². The second kappa shape index (κ2) is 11.0. The van der Waals surface area contributed by atoms with Crippen molar-refractivity contribution in [2.24, 2.45) is 0 Å². The van der Waals surface area contributed by atoms with Crippen LogP contribution in [0.2, 0.25) is 0 Å². The Kier molecular flexibility index (Phi) is 7.57. The van der Waals surface area contributed by atoms with Gasteiger partial charge in [-0.1, -0.05) is 23.4 Å². The summed E-state index contributed by atoms with van der Waals surface area (Å²) in [7, 11) is 1.40. The molecule has 0 saturated carbocycles. The van der Waals surface area contributed by atoms with Gasteiger partial charge in [0.25, 0.3) is 0 Å². The summed E-state index contributed by atoms with van der Waals surface area (Å²) in [6.07, 6.45) is 0. The highest BCUT2D eigenvalue weighted by Crippen LogP contribution is 2.33. The molecule has 0 spiro atoms. The molecule has 7 nitrogen and oxygen atoms in total. The Hall–Kier alpha value is -3.98. The lowest BCUT2D eigenvalue weighted by molar-refractivity contribution is -0.142. The van der Waals surface area contributed by atoms with Gasteiger partial charge in [-0.15, -0.1) is 0 Å². The fourth-order valence-electron chi connectivity index (χ4n) is 3.57. The predicted octanol–water partition coefficient (Wildman–Crippen LogP) is 5.01. The molecule has 3 aromatic carbocycles. The maximum absolute atomic E-state index is 13.7. The number of methoxy groups -OCH3 is 1. The first kappa shape index (κ1) is 24.2. The van der Waals surface area contributed by atoms with Gasteiger partial charge in [0.15, 0.2) is 17.2 Å². The van der Waals surface area contributed by atoms with Crippen molar-refractivity contribution in [3.05, 3.63) is 77.5 Å². The third-order valence-electron chi connectivity index (χ3n) is 5.29. The van der Waals surface area contributed by atoms with E-state index in [2.05, 4.69) is 10.5 Å². The van der Waals surface area contributed by atoms with E-state index in [4.69, 9.17) is 18.7 Å². The van der Waals surface area contributed by atoms with Crippen LogP contribution in [0.15, 0.2) is 59.1 Å². The minimum absolute atomic E-state index is 0.0808. The molecule has 4 rings (SSSR count). The van der Waals surface area contributed by atoms with Crippen LogP contribution in [-0.2, 0) is 22.7 Å². The van der Waals surface area contributed by atoms with E-state index in [1.165, 1.54) is 7.11 Å². The maximum Gasteiger partial charge on any atom is 0.319 e. The molecule has 35 heavy (non-hydrogen) atoms. The van der Waals surface area contributed by atoms with Crippen LogP contribution in [0.1, 0.15) is 18.2 Å². The number of benzene rings is 3. The maximum atomic E-state index is 13.7. The molecule has 0 aliphatic carbocycles. The topological polar surface area (TPSA) is 82.8 Å². The van der Waals surface area contributed by atoms with Gasteiger partial charge in [0.2, 0.25) is 0 Å². The molecule has 0 bridgehead atoms. The van der Waals surface area contributed by atoms with E-state index in [0.29, 0.717) is 47.9 Å². The third kappa shape index (κ3) is 5.75. The van der Waals surface area contributed by atoms with E-state index in [1.54, 1.807) is 31.2 Å². The Labute approximate surface area is 200 Å². The lowest BCUT2D eigenvalue weighted by Gasteiger charge is -2.11. The van der Waals surface area contributed by atoms with Crippen molar-refractivity contribution in [3.8, 4) is 22.6 Å². The van der Waals surface area contributed by atoms with Gasteiger partial charge < -0.3 is 24.1 Å². The molecule has 0 fully saturated rings. The largest absolute Gasteiger partial charge is 0.496 e. The van der Waals surface area contributed by atoms with Crippen LogP contribution in [-0.4, -0.2) is 31.4 Å². The van der Waals surface area contributed by atoms with Crippen molar-refractivity contribution >= 4 is 16.9 Å². The summed E-state index contributed by atoms with van der Waals surface area (Å²) in [5.41, 5.74) is 3.32. The Bertz CT molecular complexity index is 1320.